The van der Waals surface area contributed by atoms with Crippen LogP contribution < -0.4 is 10.5 Å². The second kappa shape index (κ2) is 6.81. The Balaban J connectivity index is 1.76. The number of hydrogen-bond acceptors (Lipinski definition) is 3. The van der Waals surface area contributed by atoms with Crippen molar-refractivity contribution >= 4 is 5.69 Å². The van der Waals surface area contributed by atoms with E-state index in [9.17, 15) is 0 Å². The van der Waals surface area contributed by atoms with Crippen LogP contribution >= 0.6 is 0 Å². The minimum Gasteiger partial charge on any atom is -0.497 e. The first-order chi connectivity index (χ1) is 9.29. The van der Waals surface area contributed by atoms with Gasteiger partial charge in [-0.3, -0.25) is 0 Å². The minimum absolute atomic E-state index is 0.608. The zero-order chi connectivity index (χ0) is 13.5. The standard InChI is InChI=1S/C16H19NO2/c1-18-15-8-6-13(7-9-15)12-19-11-10-14-4-2-3-5-16(14)17/h2-9H,10-12,17H2,1H3. The van der Waals surface area contributed by atoms with Crippen molar-refractivity contribution in [2.75, 3.05) is 19.5 Å². The summed E-state index contributed by atoms with van der Waals surface area (Å²) in [6.07, 6.45) is 0.836. The van der Waals surface area contributed by atoms with E-state index >= 15 is 0 Å². The van der Waals surface area contributed by atoms with Gasteiger partial charge in [0.2, 0.25) is 0 Å². The summed E-state index contributed by atoms with van der Waals surface area (Å²) >= 11 is 0. The van der Waals surface area contributed by atoms with E-state index in [0.717, 1.165) is 29.0 Å². The summed E-state index contributed by atoms with van der Waals surface area (Å²) in [4.78, 5) is 0. The number of nitrogen functional groups attached to an aromatic ring is 1. The van der Waals surface area contributed by atoms with Crippen LogP contribution in [0.25, 0.3) is 0 Å². The lowest BCUT2D eigenvalue weighted by molar-refractivity contribution is 0.124. The highest BCUT2D eigenvalue weighted by atomic mass is 16.5. The first-order valence-electron chi connectivity index (χ1n) is 6.33. The highest BCUT2D eigenvalue weighted by Crippen LogP contribution is 2.13. The van der Waals surface area contributed by atoms with Crippen LogP contribution in [0.4, 0.5) is 5.69 Å². The molecule has 0 aliphatic carbocycles. The summed E-state index contributed by atoms with van der Waals surface area (Å²) < 4.78 is 10.8. The van der Waals surface area contributed by atoms with Gasteiger partial charge >= 0.3 is 0 Å². The monoisotopic (exact) mass is 257 g/mol. The molecule has 0 bridgehead atoms. The maximum atomic E-state index is 5.88. The first kappa shape index (κ1) is 13.4. The molecule has 3 heteroatoms. The molecule has 0 radical (unpaired) electrons. The Bertz CT molecular complexity index is 508. The molecule has 3 nitrogen and oxygen atoms in total. The Labute approximate surface area is 114 Å². The zero-order valence-corrected chi connectivity index (χ0v) is 11.1. The summed E-state index contributed by atoms with van der Waals surface area (Å²) in [6, 6.07) is 15.8. The molecule has 0 saturated carbocycles. The maximum Gasteiger partial charge on any atom is 0.118 e. The van der Waals surface area contributed by atoms with Gasteiger partial charge < -0.3 is 15.2 Å². The van der Waals surface area contributed by atoms with Gasteiger partial charge in [-0.05, 0) is 35.7 Å². The van der Waals surface area contributed by atoms with Crippen molar-refractivity contribution in [2.24, 2.45) is 0 Å². The van der Waals surface area contributed by atoms with Crippen molar-refractivity contribution in [3.8, 4) is 5.75 Å². The fourth-order valence-electron chi connectivity index (χ4n) is 1.86. The fraction of sp³-hybridized carbons (Fsp3) is 0.250. The van der Waals surface area contributed by atoms with Crippen LogP contribution in [0, 0.1) is 0 Å². The molecule has 0 amide bonds. The maximum absolute atomic E-state index is 5.88. The van der Waals surface area contributed by atoms with Gasteiger partial charge in [-0.2, -0.15) is 0 Å². The van der Waals surface area contributed by atoms with Gasteiger partial charge in [0.05, 0.1) is 20.3 Å². The molecule has 100 valence electrons. The van der Waals surface area contributed by atoms with Crippen molar-refractivity contribution in [3.63, 3.8) is 0 Å². The van der Waals surface area contributed by atoms with Crippen molar-refractivity contribution in [2.45, 2.75) is 13.0 Å². The van der Waals surface area contributed by atoms with E-state index in [0.29, 0.717) is 13.2 Å². The third-order valence-electron chi connectivity index (χ3n) is 3.00. The zero-order valence-electron chi connectivity index (χ0n) is 11.1. The molecular formula is C16H19NO2. The summed E-state index contributed by atoms with van der Waals surface area (Å²) in [5, 5.41) is 0. The molecular weight excluding hydrogens is 238 g/mol. The van der Waals surface area contributed by atoms with E-state index in [2.05, 4.69) is 0 Å². The van der Waals surface area contributed by atoms with Crippen LogP contribution in [0.3, 0.4) is 0 Å². The third kappa shape index (κ3) is 4.00. The lowest BCUT2D eigenvalue weighted by Crippen LogP contribution is -2.01. The average Bonchev–Trinajstić information content (AvgIpc) is 2.46. The number of hydrogen-bond donors (Lipinski definition) is 1. The number of benzene rings is 2. The SMILES string of the molecule is COc1ccc(COCCc2ccccc2N)cc1. The molecule has 2 aromatic carbocycles. The smallest absolute Gasteiger partial charge is 0.118 e. The van der Waals surface area contributed by atoms with Crippen LogP contribution in [0.2, 0.25) is 0 Å². The largest absolute Gasteiger partial charge is 0.497 e. The topological polar surface area (TPSA) is 44.5 Å². The molecule has 19 heavy (non-hydrogen) atoms. The summed E-state index contributed by atoms with van der Waals surface area (Å²) in [5.74, 6) is 0.862. The van der Waals surface area contributed by atoms with Gasteiger partial charge in [0, 0.05) is 5.69 Å². The Morgan fingerprint density at radius 3 is 2.42 bits per heavy atom. The van der Waals surface area contributed by atoms with Gasteiger partial charge in [0.15, 0.2) is 0 Å². The molecule has 0 saturated heterocycles. The first-order valence-corrected chi connectivity index (χ1v) is 6.33. The van der Waals surface area contributed by atoms with Crippen molar-refractivity contribution in [1.29, 1.82) is 0 Å². The number of methoxy groups -OCH3 is 1. The van der Waals surface area contributed by atoms with E-state index in [1.807, 2.05) is 48.5 Å². The molecule has 0 unspecified atom stereocenters. The number of rotatable bonds is 6. The lowest BCUT2D eigenvalue weighted by atomic mass is 10.1. The Hall–Kier alpha value is -2.00. The summed E-state index contributed by atoms with van der Waals surface area (Å²) in [5.41, 5.74) is 8.98. The van der Waals surface area contributed by atoms with Crippen molar-refractivity contribution < 1.29 is 9.47 Å². The van der Waals surface area contributed by atoms with Crippen LogP contribution in [0.5, 0.6) is 5.75 Å². The molecule has 0 aliphatic rings. The summed E-state index contributed by atoms with van der Waals surface area (Å²) in [6.45, 7) is 1.27. The lowest BCUT2D eigenvalue weighted by Gasteiger charge is -2.07. The number of para-hydroxylation sites is 1. The second-order valence-electron chi connectivity index (χ2n) is 4.35. The Morgan fingerprint density at radius 2 is 1.74 bits per heavy atom. The molecule has 0 fully saturated rings. The van der Waals surface area contributed by atoms with Crippen LogP contribution in [-0.2, 0) is 17.8 Å². The van der Waals surface area contributed by atoms with Gasteiger partial charge in [-0.15, -0.1) is 0 Å². The summed E-state index contributed by atoms with van der Waals surface area (Å²) in [7, 11) is 1.66. The van der Waals surface area contributed by atoms with E-state index < -0.39 is 0 Å². The quantitative estimate of drug-likeness (QED) is 0.639. The average molecular weight is 257 g/mol. The molecule has 2 N–H and O–H groups in total. The van der Waals surface area contributed by atoms with Gasteiger partial charge in [0.1, 0.15) is 5.75 Å². The highest BCUT2D eigenvalue weighted by Gasteiger charge is 1.99. The van der Waals surface area contributed by atoms with Crippen molar-refractivity contribution in [3.05, 3.63) is 59.7 Å². The molecule has 0 heterocycles. The molecule has 0 aromatic heterocycles. The molecule has 2 rings (SSSR count). The highest BCUT2D eigenvalue weighted by molar-refractivity contribution is 5.46. The number of nitrogens with two attached hydrogens (primary N) is 1. The van der Waals surface area contributed by atoms with Gasteiger partial charge in [-0.1, -0.05) is 30.3 Å². The van der Waals surface area contributed by atoms with Crippen LogP contribution in [-0.4, -0.2) is 13.7 Å². The second-order valence-corrected chi connectivity index (χ2v) is 4.35. The van der Waals surface area contributed by atoms with Gasteiger partial charge in [0.25, 0.3) is 0 Å². The van der Waals surface area contributed by atoms with Crippen molar-refractivity contribution in [1.82, 2.24) is 0 Å². The Kier molecular flexibility index (Phi) is 4.81. The van der Waals surface area contributed by atoms with Crippen LogP contribution in [0.1, 0.15) is 11.1 Å². The molecule has 2 aromatic rings. The molecule has 0 spiro atoms. The molecule has 0 aliphatic heterocycles. The van der Waals surface area contributed by atoms with E-state index in [4.69, 9.17) is 15.2 Å². The number of anilines is 1. The van der Waals surface area contributed by atoms with Gasteiger partial charge in [-0.25, -0.2) is 0 Å². The van der Waals surface area contributed by atoms with E-state index in [-0.39, 0.29) is 0 Å². The normalized spacial score (nSPS) is 10.4. The van der Waals surface area contributed by atoms with E-state index in [1.54, 1.807) is 7.11 Å². The van der Waals surface area contributed by atoms with E-state index in [1.165, 1.54) is 0 Å². The number of ether oxygens (including phenoxy) is 2. The third-order valence-corrected chi connectivity index (χ3v) is 3.00. The molecule has 0 atom stereocenters. The van der Waals surface area contributed by atoms with Crippen LogP contribution in [0.15, 0.2) is 48.5 Å². The fourth-order valence-corrected chi connectivity index (χ4v) is 1.86. The predicted molar refractivity (Wildman–Crippen MR) is 77.2 cm³/mol. The Morgan fingerprint density at radius 1 is 1.00 bits per heavy atom. The predicted octanol–water partition coefficient (Wildman–Crippen LogP) is 3.04. The minimum atomic E-state index is 0.608.